The second-order valence-electron chi connectivity index (χ2n) is 4.45. The molecule has 2 aromatic rings. The molecule has 2 rings (SSSR count). The molecule has 5 heteroatoms. The highest BCUT2D eigenvalue weighted by Gasteiger charge is 2.09. The van der Waals surface area contributed by atoms with Gasteiger partial charge in [0.1, 0.15) is 5.82 Å². The number of aromatic carboxylic acids is 1. The fraction of sp³-hybridized carbons (Fsp3) is 0.125. The molecule has 0 saturated carbocycles. The monoisotopic (exact) mass is 284 g/mol. The van der Waals surface area contributed by atoms with Gasteiger partial charge in [0, 0.05) is 6.54 Å². The average Bonchev–Trinajstić information content (AvgIpc) is 2.49. The molecule has 0 spiro atoms. The highest BCUT2D eigenvalue weighted by molar-refractivity contribution is 5.89. The first-order valence-electron chi connectivity index (χ1n) is 6.36. The second-order valence-corrected chi connectivity index (χ2v) is 4.45. The van der Waals surface area contributed by atoms with Gasteiger partial charge in [-0.2, -0.15) is 5.26 Å². The summed E-state index contributed by atoms with van der Waals surface area (Å²) in [5.74, 6) is -1.48. The number of nitrogens with one attached hydrogen (secondary N) is 1. The van der Waals surface area contributed by atoms with Gasteiger partial charge >= 0.3 is 5.97 Å². The van der Waals surface area contributed by atoms with Crippen LogP contribution in [-0.2, 0) is 6.42 Å². The molecule has 4 nitrogen and oxygen atoms in total. The Hall–Kier alpha value is -2.87. The second kappa shape index (κ2) is 6.53. The van der Waals surface area contributed by atoms with Gasteiger partial charge in [-0.25, -0.2) is 9.18 Å². The highest BCUT2D eigenvalue weighted by Crippen LogP contribution is 2.16. The predicted molar refractivity (Wildman–Crippen MR) is 76.7 cm³/mol. The van der Waals surface area contributed by atoms with E-state index in [-0.39, 0.29) is 11.1 Å². The van der Waals surface area contributed by atoms with Crippen molar-refractivity contribution in [1.82, 2.24) is 0 Å². The number of anilines is 1. The van der Waals surface area contributed by atoms with Crippen LogP contribution in [0.5, 0.6) is 0 Å². The number of hydrogen-bond donors (Lipinski definition) is 2. The zero-order valence-electron chi connectivity index (χ0n) is 11.1. The summed E-state index contributed by atoms with van der Waals surface area (Å²) in [7, 11) is 0. The molecule has 2 N–H and O–H groups in total. The van der Waals surface area contributed by atoms with Gasteiger partial charge in [0.15, 0.2) is 0 Å². The van der Waals surface area contributed by atoms with Crippen molar-refractivity contribution in [2.75, 3.05) is 11.9 Å². The standard InChI is InChI=1S/C16H13FN2O2/c17-14-9-11(10-18)5-6-15(14)19-8-7-12-3-1-2-4-13(12)16(20)21/h1-6,9,19H,7-8H2,(H,20,21). The van der Waals surface area contributed by atoms with Crippen LogP contribution in [0.2, 0.25) is 0 Å². The van der Waals surface area contributed by atoms with Crippen LogP contribution in [0.3, 0.4) is 0 Å². The smallest absolute Gasteiger partial charge is 0.335 e. The maximum Gasteiger partial charge on any atom is 0.335 e. The molecule has 0 fully saturated rings. The van der Waals surface area contributed by atoms with Crippen LogP contribution >= 0.6 is 0 Å². The molecule has 0 atom stereocenters. The highest BCUT2D eigenvalue weighted by atomic mass is 19.1. The van der Waals surface area contributed by atoms with Crippen LogP contribution in [-0.4, -0.2) is 17.6 Å². The molecule has 0 saturated heterocycles. The first-order valence-corrected chi connectivity index (χ1v) is 6.36. The van der Waals surface area contributed by atoms with Crippen LogP contribution in [0, 0.1) is 17.1 Å². The predicted octanol–water partition coefficient (Wildman–Crippen LogP) is 3.05. The fourth-order valence-electron chi connectivity index (χ4n) is 2.01. The van der Waals surface area contributed by atoms with Crippen molar-refractivity contribution in [3.8, 4) is 6.07 Å². The van der Waals surface area contributed by atoms with Gasteiger partial charge in [0.25, 0.3) is 0 Å². The first-order chi connectivity index (χ1) is 10.1. The van der Waals surface area contributed by atoms with Gasteiger partial charge in [-0.1, -0.05) is 18.2 Å². The lowest BCUT2D eigenvalue weighted by Gasteiger charge is -2.09. The number of nitrogens with zero attached hydrogens (tertiary/aromatic N) is 1. The largest absolute Gasteiger partial charge is 0.478 e. The first kappa shape index (κ1) is 14.5. The molecule has 2 aromatic carbocycles. The molecule has 0 aliphatic rings. The molecule has 0 amide bonds. The van der Waals surface area contributed by atoms with Crippen molar-refractivity contribution < 1.29 is 14.3 Å². The van der Waals surface area contributed by atoms with Gasteiger partial charge in [0.2, 0.25) is 0 Å². The average molecular weight is 284 g/mol. The van der Waals surface area contributed by atoms with Crippen LogP contribution in [0.15, 0.2) is 42.5 Å². The Kier molecular flexibility index (Phi) is 4.52. The summed E-state index contributed by atoms with van der Waals surface area (Å²) in [6.45, 7) is 0.396. The normalized spacial score (nSPS) is 9.90. The summed E-state index contributed by atoms with van der Waals surface area (Å²) < 4.78 is 13.7. The van der Waals surface area contributed by atoms with Crippen molar-refractivity contribution in [1.29, 1.82) is 5.26 Å². The lowest BCUT2D eigenvalue weighted by atomic mass is 10.0. The van der Waals surface area contributed by atoms with Gasteiger partial charge < -0.3 is 10.4 Å². The van der Waals surface area contributed by atoms with E-state index in [0.717, 1.165) is 6.07 Å². The quantitative estimate of drug-likeness (QED) is 0.885. The molecule has 0 aliphatic heterocycles. The Bertz CT molecular complexity index is 708. The number of hydrogen-bond acceptors (Lipinski definition) is 3. The topological polar surface area (TPSA) is 73.1 Å². The molecule has 106 valence electrons. The Balaban J connectivity index is 2.02. The van der Waals surface area contributed by atoms with Crippen molar-refractivity contribution in [3.63, 3.8) is 0 Å². The lowest BCUT2D eigenvalue weighted by Crippen LogP contribution is -2.10. The molecule has 0 radical (unpaired) electrons. The Morgan fingerprint density at radius 3 is 2.71 bits per heavy atom. The Labute approximate surface area is 121 Å². The molecule has 0 aromatic heterocycles. The van der Waals surface area contributed by atoms with Crippen LogP contribution < -0.4 is 5.32 Å². The van der Waals surface area contributed by atoms with Gasteiger partial charge in [0.05, 0.1) is 22.9 Å². The van der Waals surface area contributed by atoms with Gasteiger partial charge in [-0.05, 0) is 36.2 Å². The molecular weight excluding hydrogens is 271 g/mol. The summed E-state index contributed by atoms with van der Waals surface area (Å²) in [6, 6.07) is 12.8. The summed E-state index contributed by atoms with van der Waals surface area (Å²) in [6.07, 6.45) is 0.460. The van der Waals surface area contributed by atoms with E-state index in [4.69, 9.17) is 10.4 Å². The number of carboxylic acid groups (broad SMARTS) is 1. The number of nitriles is 1. The third-order valence-corrected chi connectivity index (χ3v) is 3.06. The maximum absolute atomic E-state index is 13.7. The summed E-state index contributed by atoms with van der Waals surface area (Å²) in [5.41, 5.74) is 1.49. The van der Waals surface area contributed by atoms with E-state index in [1.807, 2.05) is 6.07 Å². The minimum Gasteiger partial charge on any atom is -0.478 e. The number of rotatable bonds is 5. The summed E-state index contributed by atoms with van der Waals surface area (Å²) in [5, 5.41) is 20.6. The molecule has 21 heavy (non-hydrogen) atoms. The van der Waals surface area contributed by atoms with Crippen molar-refractivity contribution in [2.24, 2.45) is 0 Å². The summed E-state index contributed by atoms with van der Waals surface area (Å²) in [4.78, 5) is 11.1. The minimum absolute atomic E-state index is 0.250. The van der Waals surface area contributed by atoms with E-state index in [1.165, 1.54) is 12.1 Å². The van der Waals surface area contributed by atoms with Crippen LogP contribution in [0.4, 0.5) is 10.1 Å². The van der Waals surface area contributed by atoms with E-state index in [1.54, 1.807) is 24.3 Å². The third kappa shape index (κ3) is 3.57. The molecule has 0 bridgehead atoms. The van der Waals surface area contributed by atoms with E-state index in [9.17, 15) is 9.18 Å². The van der Waals surface area contributed by atoms with E-state index < -0.39 is 11.8 Å². The van der Waals surface area contributed by atoms with E-state index >= 15 is 0 Å². The van der Waals surface area contributed by atoms with Crippen LogP contribution in [0.25, 0.3) is 0 Å². The third-order valence-electron chi connectivity index (χ3n) is 3.06. The number of benzene rings is 2. The molecule has 0 aliphatic carbocycles. The molecular formula is C16H13FN2O2. The molecule has 0 unspecified atom stereocenters. The van der Waals surface area contributed by atoms with Crippen molar-refractivity contribution in [3.05, 3.63) is 65.0 Å². The SMILES string of the molecule is N#Cc1ccc(NCCc2ccccc2C(=O)O)c(F)c1. The minimum atomic E-state index is -0.977. The summed E-state index contributed by atoms with van der Waals surface area (Å²) >= 11 is 0. The zero-order valence-corrected chi connectivity index (χ0v) is 11.1. The zero-order chi connectivity index (χ0) is 15.2. The van der Waals surface area contributed by atoms with Crippen molar-refractivity contribution >= 4 is 11.7 Å². The van der Waals surface area contributed by atoms with Crippen molar-refractivity contribution in [2.45, 2.75) is 6.42 Å². The number of carboxylic acids is 1. The van der Waals surface area contributed by atoms with E-state index in [2.05, 4.69) is 5.32 Å². The molecule has 0 heterocycles. The fourth-order valence-corrected chi connectivity index (χ4v) is 2.01. The lowest BCUT2D eigenvalue weighted by molar-refractivity contribution is 0.0695. The van der Waals surface area contributed by atoms with Gasteiger partial charge in [-0.3, -0.25) is 0 Å². The number of halogens is 1. The number of carbonyl (C=O) groups is 1. The maximum atomic E-state index is 13.7. The Morgan fingerprint density at radius 2 is 2.05 bits per heavy atom. The van der Waals surface area contributed by atoms with Gasteiger partial charge in [-0.15, -0.1) is 0 Å². The van der Waals surface area contributed by atoms with E-state index in [0.29, 0.717) is 24.2 Å². The Morgan fingerprint density at radius 1 is 1.29 bits per heavy atom. The van der Waals surface area contributed by atoms with Crippen LogP contribution in [0.1, 0.15) is 21.5 Å².